The van der Waals surface area contributed by atoms with Crippen molar-refractivity contribution in [2.75, 3.05) is 6.61 Å². The normalized spacial score (nSPS) is 10.3. The monoisotopic (exact) mass is 227 g/mol. The SMILES string of the molecule is CCCCc1nc(C(=O)OCC)c(C)s1. The van der Waals surface area contributed by atoms with Crippen LogP contribution in [-0.4, -0.2) is 17.6 Å². The first kappa shape index (κ1) is 12.2. The molecule has 15 heavy (non-hydrogen) atoms. The standard InChI is InChI=1S/C11H17NO2S/c1-4-6-7-9-12-10(8(3)15-9)11(13)14-5-2/h4-7H2,1-3H3. The van der Waals surface area contributed by atoms with Gasteiger partial charge in [0, 0.05) is 4.88 Å². The topological polar surface area (TPSA) is 39.2 Å². The lowest BCUT2D eigenvalue weighted by molar-refractivity contribution is 0.0519. The summed E-state index contributed by atoms with van der Waals surface area (Å²) in [5.41, 5.74) is 0.493. The molecule has 1 aromatic heterocycles. The van der Waals surface area contributed by atoms with Crippen molar-refractivity contribution in [2.24, 2.45) is 0 Å². The molecule has 0 N–H and O–H groups in total. The lowest BCUT2D eigenvalue weighted by Crippen LogP contribution is -2.06. The molecular formula is C11H17NO2S. The van der Waals surface area contributed by atoms with Gasteiger partial charge in [0.25, 0.3) is 0 Å². The molecule has 0 radical (unpaired) electrons. The van der Waals surface area contributed by atoms with E-state index >= 15 is 0 Å². The summed E-state index contributed by atoms with van der Waals surface area (Å²) >= 11 is 1.60. The largest absolute Gasteiger partial charge is 0.461 e. The van der Waals surface area contributed by atoms with Crippen LogP contribution in [0.15, 0.2) is 0 Å². The summed E-state index contributed by atoms with van der Waals surface area (Å²) in [6, 6.07) is 0. The fraction of sp³-hybridized carbons (Fsp3) is 0.636. The Morgan fingerprint density at radius 2 is 2.20 bits per heavy atom. The molecular weight excluding hydrogens is 210 g/mol. The van der Waals surface area contributed by atoms with Gasteiger partial charge in [-0.15, -0.1) is 11.3 Å². The number of ether oxygens (including phenoxy) is 1. The average Bonchev–Trinajstić information content (AvgIpc) is 2.57. The van der Waals surface area contributed by atoms with Crippen LogP contribution in [0.3, 0.4) is 0 Å². The predicted octanol–water partition coefficient (Wildman–Crippen LogP) is 2.97. The molecule has 84 valence electrons. The van der Waals surface area contributed by atoms with E-state index in [1.165, 1.54) is 0 Å². The third kappa shape index (κ3) is 3.30. The summed E-state index contributed by atoms with van der Waals surface area (Å²) < 4.78 is 4.93. The zero-order valence-electron chi connectivity index (χ0n) is 9.50. The summed E-state index contributed by atoms with van der Waals surface area (Å²) in [7, 11) is 0. The number of esters is 1. The summed E-state index contributed by atoms with van der Waals surface area (Å²) in [5, 5.41) is 1.04. The Bertz CT molecular complexity index is 333. The summed E-state index contributed by atoms with van der Waals surface area (Å²) in [6.07, 6.45) is 3.23. The van der Waals surface area contributed by atoms with Crippen LogP contribution in [0.25, 0.3) is 0 Å². The molecule has 0 aliphatic carbocycles. The van der Waals surface area contributed by atoms with Crippen LogP contribution in [0.4, 0.5) is 0 Å². The van der Waals surface area contributed by atoms with Gasteiger partial charge in [-0.3, -0.25) is 0 Å². The fourth-order valence-electron chi connectivity index (χ4n) is 1.28. The third-order valence-electron chi connectivity index (χ3n) is 2.05. The van der Waals surface area contributed by atoms with E-state index in [4.69, 9.17) is 4.74 Å². The van der Waals surface area contributed by atoms with E-state index in [0.717, 1.165) is 29.1 Å². The molecule has 0 saturated carbocycles. The first-order chi connectivity index (χ1) is 7.19. The zero-order chi connectivity index (χ0) is 11.3. The second kappa shape index (κ2) is 5.85. The number of carbonyl (C=O) groups is 1. The molecule has 1 rings (SSSR count). The molecule has 0 aliphatic rings. The first-order valence-corrected chi connectivity index (χ1v) is 6.14. The number of thiazole rings is 1. The van der Waals surface area contributed by atoms with Gasteiger partial charge in [0.05, 0.1) is 11.6 Å². The van der Waals surface area contributed by atoms with Gasteiger partial charge in [0.2, 0.25) is 0 Å². The molecule has 3 nitrogen and oxygen atoms in total. The summed E-state index contributed by atoms with van der Waals surface area (Å²) in [6.45, 7) is 6.27. The Hall–Kier alpha value is -0.900. The number of hydrogen-bond donors (Lipinski definition) is 0. The Balaban J connectivity index is 2.72. The van der Waals surface area contributed by atoms with E-state index in [1.807, 2.05) is 6.92 Å². The number of hydrogen-bond acceptors (Lipinski definition) is 4. The number of aryl methyl sites for hydroxylation is 2. The van der Waals surface area contributed by atoms with Gasteiger partial charge >= 0.3 is 5.97 Å². The second-order valence-electron chi connectivity index (χ2n) is 3.34. The predicted molar refractivity (Wildman–Crippen MR) is 61.4 cm³/mol. The lowest BCUT2D eigenvalue weighted by Gasteiger charge is -1.97. The number of nitrogens with zero attached hydrogens (tertiary/aromatic N) is 1. The van der Waals surface area contributed by atoms with Gasteiger partial charge in [-0.1, -0.05) is 13.3 Å². The lowest BCUT2D eigenvalue weighted by atomic mass is 10.3. The van der Waals surface area contributed by atoms with Crippen molar-refractivity contribution in [1.29, 1.82) is 0 Å². The second-order valence-corrected chi connectivity index (χ2v) is 4.62. The minimum absolute atomic E-state index is 0.297. The molecule has 0 bridgehead atoms. The van der Waals surface area contributed by atoms with Gasteiger partial charge in [0.1, 0.15) is 0 Å². The van der Waals surface area contributed by atoms with Crippen LogP contribution in [0.2, 0.25) is 0 Å². The van der Waals surface area contributed by atoms with Crippen LogP contribution in [0, 0.1) is 6.92 Å². The molecule has 4 heteroatoms. The Morgan fingerprint density at radius 1 is 1.47 bits per heavy atom. The number of carbonyl (C=O) groups excluding carboxylic acids is 1. The van der Waals surface area contributed by atoms with Crippen LogP contribution in [0.5, 0.6) is 0 Å². The highest BCUT2D eigenvalue weighted by Crippen LogP contribution is 2.19. The van der Waals surface area contributed by atoms with Crippen molar-refractivity contribution >= 4 is 17.3 Å². The Kier molecular flexibility index (Phi) is 4.75. The molecule has 0 saturated heterocycles. The van der Waals surface area contributed by atoms with Gasteiger partial charge in [-0.2, -0.15) is 0 Å². The van der Waals surface area contributed by atoms with Gasteiger partial charge < -0.3 is 4.74 Å². The minimum Gasteiger partial charge on any atom is -0.461 e. The zero-order valence-corrected chi connectivity index (χ0v) is 10.3. The van der Waals surface area contributed by atoms with E-state index in [0.29, 0.717) is 12.3 Å². The van der Waals surface area contributed by atoms with E-state index < -0.39 is 0 Å². The molecule has 0 spiro atoms. The van der Waals surface area contributed by atoms with Crippen LogP contribution >= 0.6 is 11.3 Å². The molecule has 1 heterocycles. The van der Waals surface area contributed by atoms with Gasteiger partial charge in [-0.25, -0.2) is 9.78 Å². The van der Waals surface area contributed by atoms with Crippen molar-refractivity contribution in [3.8, 4) is 0 Å². The Morgan fingerprint density at radius 3 is 2.80 bits per heavy atom. The maximum Gasteiger partial charge on any atom is 0.358 e. The molecule has 0 amide bonds. The number of rotatable bonds is 5. The number of aromatic nitrogens is 1. The first-order valence-electron chi connectivity index (χ1n) is 5.32. The van der Waals surface area contributed by atoms with E-state index in [9.17, 15) is 4.79 Å². The van der Waals surface area contributed by atoms with Gasteiger partial charge in [-0.05, 0) is 26.7 Å². The quantitative estimate of drug-likeness (QED) is 0.726. The third-order valence-corrected chi connectivity index (χ3v) is 3.08. The summed E-state index contributed by atoms with van der Waals surface area (Å²) in [5.74, 6) is -0.297. The molecule has 0 unspecified atom stereocenters. The molecule has 1 aromatic rings. The van der Waals surface area contributed by atoms with Crippen molar-refractivity contribution in [3.05, 3.63) is 15.6 Å². The molecule has 0 aromatic carbocycles. The average molecular weight is 227 g/mol. The Labute approximate surface area is 94.5 Å². The smallest absolute Gasteiger partial charge is 0.358 e. The number of unbranched alkanes of at least 4 members (excludes halogenated alkanes) is 1. The highest BCUT2D eigenvalue weighted by Gasteiger charge is 2.15. The highest BCUT2D eigenvalue weighted by molar-refractivity contribution is 7.11. The fourth-order valence-corrected chi connectivity index (χ4v) is 2.24. The van der Waals surface area contributed by atoms with Crippen molar-refractivity contribution < 1.29 is 9.53 Å². The van der Waals surface area contributed by atoms with Crippen LogP contribution < -0.4 is 0 Å². The van der Waals surface area contributed by atoms with Gasteiger partial charge in [0.15, 0.2) is 5.69 Å². The van der Waals surface area contributed by atoms with Crippen LogP contribution in [-0.2, 0) is 11.2 Å². The molecule has 0 aliphatic heterocycles. The summed E-state index contributed by atoms with van der Waals surface area (Å²) in [4.78, 5) is 16.7. The molecule has 0 fully saturated rings. The van der Waals surface area contributed by atoms with Crippen molar-refractivity contribution in [2.45, 2.75) is 40.0 Å². The maximum absolute atomic E-state index is 11.5. The maximum atomic E-state index is 11.5. The molecule has 0 atom stereocenters. The van der Waals surface area contributed by atoms with Crippen molar-refractivity contribution in [3.63, 3.8) is 0 Å². The highest BCUT2D eigenvalue weighted by atomic mass is 32.1. The van der Waals surface area contributed by atoms with E-state index in [2.05, 4.69) is 11.9 Å². The van der Waals surface area contributed by atoms with Crippen LogP contribution in [0.1, 0.15) is 47.1 Å². The van der Waals surface area contributed by atoms with E-state index in [-0.39, 0.29) is 5.97 Å². The van der Waals surface area contributed by atoms with Crippen molar-refractivity contribution in [1.82, 2.24) is 4.98 Å². The van der Waals surface area contributed by atoms with E-state index in [1.54, 1.807) is 18.3 Å². The minimum atomic E-state index is -0.297.